The summed E-state index contributed by atoms with van der Waals surface area (Å²) in [5.41, 5.74) is 0.381. The van der Waals surface area contributed by atoms with Gasteiger partial charge in [0.2, 0.25) is 0 Å². The van der Waals surface area contributed by atoms with Crippen LogP contribution in [0.15, 0.2) is 0 Å². The number of fused-ring (bicyclic) bond motifs is 3. The van der Waals surface area contributed by atoms with Crippen LogP contribution in [0.1, 0.15) is 59.8 Å². The molecule has 3 rings (SSSR count). The van der Waals surface area contributed by atoms with Crippen molar-refractivity contribution in [2.75, 3.05) is 0 Å². The fraction of sp³-hybridized carbons (Fsp3) is 0.938. The van der Waals surface area contributed by atoms with E-state index in [4.69, 9.17) is 4.74 Å². The van der Waals surface area contributed by atoms with Crippen molar-refractivity contribution in [3.05, 3.63) is 0 Å². The molecule has 19 heavy (non-hydrogen) atoms. The number of ether oxygens (including phenoxy) is 1. The van der Waals surface area contributed by atoms with E-state index in [1.807, 2.05) is 0 Å². The van der Waals surface area contributed by atoms with Crippen LogP contribution in [0, 0.1) is 22.7 Å². The van der Waals surface area contributed by atoms with Gasteiger partial charge in [0.05, 0.1) is 6.42 Å². The van der Waals surface area contributed by atoms with Gasteiger partial charge in [0.15, 0.2) is 0 Å². The van der Waals surface area contributed by atoms with Crippen LogP contribution in [-0.4, -0.2) is 16.4 Å². The van der Waals surface area contributed by atoms with E-state index in [2.05, 4.69) is 43.6 Å². The van der Waals surface area contributed by atoms with Crippen molar-refractivity contribution in [3.63, 3.8) is 0 Å². The Morgan fingerprint density at radius 3 is 2.53 bits per heavy atom. The lowest BCUT2D eigenvalue weighted by Crippen LogP contribution is -2.57. The van der Waals surface area contributed by atoms with Crippen LogP contribution in [-0.2, 0) is 9.53 Å². The first-order valence-corrected chi connectivity index (χ1v) is 8.45. The minimum Gasteiger partial charge on any atom is -0.459 e. The summed E-state index contributed by atoms with van der Waals surface area (Å²) >= 11 is 3.87. The molecule has 1 saturated heterocycles. The van der Waals surface area contributed by atoms with E-state index < -0.39 is 0 Å². The topological polar surface area (TPSA) is 26.3 Å². The van der Waals surface area contributed by atoms with Crippen molar-refractivity contribution in [2.45, 2.75) is 70.2 Å². The summed E-state index contributed by atoms with van der Waals surface area (Å²) in [7, 11) is 0. The predicted octanol–water partition coefficient (Wildman–Crippen LogP) is 4.31. The van der Waals surface area contributed by atoms with Crippen molar-refractivity contribution in [3.8, 4) is 0 Å². The van der Waals surface area contributed by atoms with E-state index in [0.29, 0.717) is 28.5 Å². The van der Waals surface area contributed by atoms with Crippen LogP contribution in [0.4, 0.5) is 0 Å². The van der Waals surface area contributed by atoms with Gasteiger partial charge in [0.1, 0.15) is 5.60 Å². The maximum absolute atomic E-state index is 11.8. The quantitative estimate of drug-likeness (QED) is 0.489. The number of rotatable bonds is 0. The van der Waals surface area contributed by atoms with Gasteiger partial charge in [-0.05, 0) is 49.4 Å². The molecular formula is C16H25BrO2. The maximum Gasteiger partial charge on any atom is 0.306 e. The molecule has 5 atom stereocenters. The predicted molar refractivity (Wildman–Crippen MR) is 79.2 cm³/mol. The number of hydrogen-bond acceptors (Lipinski definition) is 2. The van der Waals surface area contributed by atoms with E-state index in [1.165, 1.54) is 19.3 Å². The zero-order valence-corrected chi connectivity index (χ0v) is 14.0. The highest BCUT2D eigenvalue weighted by Crippen LogP contribution is 2.65. The number of carbonyl (C=O) groups is 1. The molecule has 108 valence electrons. The summed E-state index contributed by atoms with van der Waals surface area (Å²) in [4.78, 5) is 12.4. The van der Waals surface area contributed by atoms with Crippen molar-refractivity contribution in [1.29, 1.82) is 0 Å². The molecule has 1 aliphatic heterocycles. The molecule has 4 unspecified atom stereocenters. The SMILES string of the molecule is CC1(C)C[C@@H](Br)CC2(C)C1CCC1(C)OC(=O)CC12. The molecule has 0 aromatic carbocycles. The second-order valence-electron chi connectivity index (χ2n) is 8.13. The van der Waals surface area contributed by atoms with Gasteiger partial charge in [-0.3, -0.25) is 4.79 Å². The highest BCUT2D eigenvalue weighted by atomic mass is 79.9. The van der Waals surface area contributed by atoms with E-state index in [1.54, 1.807) is 0 Å². The Kier molecular flexibility index (Phi) is 2.92. The minimum absolute atomic E-state index is 0.0175. The number of halogens is 1. The standard InChI is InChI=1S/C16H25BrO2/c1-14(2)8-10(17)9-15(3)11(14)5-6-16(4)12(15)7-13(18)19-16/h10-12H,5-9H2,1-4H3/t10-,11?,12?,15?,16?/m1/s1. The molecular weight excluding hydrogens is 304 g/mol. The summed E-state index contributed by atoms with van der Waals surface area (Å²) in [6, 6.07) is 0. The van der Waals surface area contributed by atoms with Gasteiger partial charge in [0.25, 0.3) is 0 Å². The van der Waals surface area contributed by atoms with Gasteiger partial charge in [-0.15, -0.1) is 0 Å². The Labute approximate surface area is 124 Å². The van der Waals surface area contributed by atoms with E-state index in [-0.39, 0.29) is 17.0 Å². The van der Waals surface area contributed by atoms with Gasteiger partial charge in [-0.25, -0.2) is 0 Å². The van der Waals surface area contributed by atoms with Gasteiger partial charge in [-0.1, -0.05) is 36.7 Å². The summed E-state index contributed by atoms with van der Waals surface area (Å²) in [5.74, 6) is 1.12. The fourth-order valence-electron chi connectivity index (χ4n) is 5.75. The Morgan fingerprint density at radius 2 is 1.84 bits per heavy atom. The molecule has 3 aliphatic rings. The molecule has 0 bridgehead atoms. The Balaban J connectivity index is 2.02. The van der Waals surface area contributed by atoms with Crippen LogP contribution >= 0.6 is 15.9 Å². The third-order valence-corrected chi connectivity index (χ3v) is 6.98. The average Bonchev–Trinajstić information content (AvgIpc) is 2.51. The summed E-state index contributed by atoms with van der Waals surface area (Å²) in [5, 5.41) is 0. The van der Waals surface area contributed by atoms with Crippen molar-refractivity contribution < 1.29 is 9.53 Å². The molecule has 3 fully saturated rings. The van der Waals surface area contributed by atoms with Crippen LogP contribution < -0.4 is 0 Å². The third kappa shape index (κ3) is 1.91. The zero-order valence-electron chi connectivity index (χ0n) is 12.5. The molecule has 2 nitrogen and oxygen atoms in total. The smallest absolute Gasteiger partial charge is 0.306 e. The van der Waals surface area contributed by atoms with Gasteiger partial charge in [-0.2, -0.15) is 0 Å². The Hall–Kier alpha value is -0.0500. The van der Waals surface area contributed by atoms with E-state index in [9.17, 15) is 4.79 Å². The van der Waals surface area contributed by atoms with Crippen LogP contribution in [0.25, 0.3) is 0 Å². The van der Waals surface area contributed by atoms with Crippen LogP contribution in [0.5, 0.6) is 0 Å². The fourth-order valence-corrected chi connectivity index (χ4v) is 7.28. The summed E-state index contributed by atoms with van der Waals surface area (Å²) in [6.45, 7) is 9.39. The number of alkyl halides is 1. The van der Waals surface area contributed by atoms with Gasteiger partial charge in [0, 0.05) is 10.7 Å². The van der Waals surface area contributed by atoms with Crippen molar-refractivity contribution >= 4 is 21.9 Å². The zero-order chi connectivity index (χ0) is 14.1. The highest BCUT2D eigenvalue weighted by molar-refractivity contribution is 9.09. The minimum atomic E-state index is -0.206. The molecule has 0 radical (unpaired) electrons. The molecule has 0 amide bonds. The molecule has 1 heterocycles. The monoisotopic (exact) mass is 328 g/mol. The van der Waals surface area contributed by atoms with Crippen molar-refractivity contribution in [2.24, 2.45) is 22.7 Å². The average molecular weight is 329 g/mol. The Bertz CT molecular complexity index is 419. The second kappa shape index (κ2) is 3.99. The van der Waals surface area contributed by atoms with Crippen molar-refractivity contribution in [1.82, 2.24) is 0 Å². The number of esters is 1. The van der Waals surface area contributed by atoms with Crippen LogP contribution in [0.3, 0.4) is 0 Å². The summed E-state index contributed by atoms with van der Waals surface area (Å²) in [6.07, 6.45) is 5.28. The molecule has 3 heteroatoms. The van der Waals surface area contributed by atoms with Crippen LogP contribution in [0.2, 0.25) is 0 Å². The molecule has 0 N–H and O–H groups in total. The lowest BCUT2D eigenvalue weighted by atomic mass is 9.45. The largest absolute Gasteiger partial charge is 0.459 e. The number of hydrogen-bond donors (Lipinski definition) is 0. The first kappa shape index (κ1) is 13.9. The molecule has 0 aromatic rings. The van der Waals surface area contributed by atoms with Gasteiger partial charge < -0.3 is 4.74 Å². The summed E-state index contributed by atoms with van der Waals surface area (Å²) < 4.78 is 5.72. The lowest BCUT2D eigenvalue weighted by Gasteiger charge is -2.60. The molecule has 2 aliphatic carbocycles. The maximum atomic E-state index is 11.8. The second-order valence-corrected chi connectivity index (χ2v) is 9.43. The van der Waals surface area contributed by atoms with E-state index >= 15 is 0 Å². The molecule has 2 saturated carbocycles. The number of carbonyl (C=O) groups excluding carboxylic acids is 1. The Morgan fingerprint density at radius 1 is 1.16 bits per heavy atom. The normalized spacial score (nSPS) is 52.3. The molecule has 0 aromatic heterocycles. The third-order valence-electron chi connectivity index (χ3n) is 6.33. The van der Waals surface area contributed by atoms with E-state index in [0.717, 1.165) is 6.42 Å². The van der Waals surface area contributed by atoms with Gasteiger partial charge >= 0.3 is 5.97 Å². The molecule has 0 spiro atoms. The lowest BCUT2D eigenvalue weighted by molar-refractivity contribution is -0.164. The highest BCUT2D eigenvalue weighted by Gasteiger charge is 2.63. The first-order valence-electron chi connectivity index (χ1n) is 7.53. The first-order chi connectivity index (χ1) is 8.67.